The average Bonchev–Trinajstić information content (AvgIpc) is 2.88. The molecule has 0 amide bonds. The molecule has 0 aromatic carbocycles. The second-order valence-corrected chi connectivity index (χ2v) is 3.41. The maximum absolute atomic E-state index is 4.09. The number of aromatic amines is 1. The molecule has 0 saturated carbocycles. The zero-order valence-electron chi connectivity index (χ0n) is 8.18. The van der Waals surface area contributed by atoms with Crippen molar-refractivity contribution in [2.24, 2.45) is 7.05 Å². The highest BCUT2D eigenvalue weighted by Gasteiger charge is 2.08. The van der Waals surface area contributed by atoms with Gasteiger partial charge in [0.25, 0.3) is 0 Å². The largest absolute Gasteiger partial charge is 0.334 e. The maximum Gasteiger partial charge on any atom is 0.162 e. The monoisotopic (exact) mass is 199 g/mol. The first-order chi connectivity index (χ1) is 7.36. The SMILES string of the molecule is Cn1ccc2c(-c3cn[nH]c3)cnnc21. The standard InChI is InChI=1S/C10H9N5/c1-15-3-2-8-9(6-13-14-10(8)15)7-4-11-12-5-7/h2-6H,1H3,(H,11,12). The Morgan fingerprint density at radius 2 is 2.27 bits per heavy atom. The fraction of sp³-hybridized carbons (Fsp3) is 0.100. The predicted octanol–water partition coefficient (Wildman–Crippen LogP) is 1.36. The highest BCUT2D eigenvalue weighted by atomic mass is 15.2. The Kier molecular flexibility index (Phi) is 1.58. The van der Waals surface area contributed by atoms with E-state index in [9.17, 15) is 0 Å². The van der Waals surface area contributed by atoms with Crippen LogP contribution in [-0.2, 0) is 7.05 Å². The molecule has 3 heterocycles. The summed E-state index contributed by atoms with van der Waals surface area (Å²) in [7, 11) is 1.95. The minimum Gasteiger partial charge on any atom is -0.334 e. The summed E-state index contributed by atoms with van der Waals surface area (Å²) in [5.74, 6) is 0. The van der Waals surface area contributed by atoms with E-state index in [4.69, 9.17) is 0 Å². The number of hydrogen-bond donors (Lipinski definition) is 1. The van der Waals surface area contributed by atoms with Crippen molar-refractivity contribution in [2.75, 3.05) is 0 Å². The van der Waals surface area contributed by atoms with Crippen molar-refractivity contribution in [1.29, 1.82) is 0 Å². The van der Waals surface area contributed by atoms with E-state index in [-0.39, 0.29) is 0 Å². The third-order valence-electron chi connectivity index (χ3n) is 2.48. The first-order valence-corrected chi connectivity index (χ1v) is 4.62. The Labute approximate surface area is 85.8 Å². The van der Waals surface area contributed by atoms with Crippen LogP contribution < -0.4 is 0 Å². The van der Waals surface area contributed by atoms with Crippen LogP contribution in [0.2, 0.25) is 0 Å². The Morgan fingerprint density at radius 1 is 1.33 bits per heavy atom. The lowest BCUT2D eigenvalue weighted by Crippen LogP contribution is -1.91. The van der Waals surface area contributed by atoms with Crippen molar-refractivity contribution in [1.82, 2.24) is 25.0 Å². The summed E-state index contributed by atoms with van der Waals surface area (Å²) in [6, 6.07) is 2.03. The molecule has 3 aromatic heterocycles. The van der Waals surface area contributed by atoms with Gasteiger partial charge in [0.15, 0.2) is 5.65 Å². The van der Waals surface area contributed by atoms with Crippen LogP contribution in [0.5, 0.6) is 0 Å². The summed E-state index contributed by atoms with van der Waals surface area (Å²) in [5.41, 5.74) is 2.96. The highest BCUT2D eigenvalue weighted by molar-refractivity contribution is 5.92. The average molecular weight is 199 g/mol. The molecule has 74 valence electrons. The molecule has 5 nitrogen and oxygen atoms in total. The van der Waals surface area contributed by atoms with Gasteiger partial charge in [-0.1, -0.05) is 0 Å². The van der Waals surface area contributed by atoms with Crippen molar-refractivity contribution < 1.29 is 0 Å². The van der Waals surface area contributed by atoms with E-state index in [1.54, 1.807) is 12.4 Å². The van der Waals surface area contributed by atoms with Gasteiger partial charge in [-0.25, -0.2) is 0 Å². The van der Waals surface area contributed by atoms with Crippen LogP contribution in [0.25, 0.3) is 22.2 Å². The Hall–Kier alpha value is -2.17. The van der Waals surface area contributed by atoms with Gasteiger partial charge in [-0.05, 0) is 6.07 Å². The number of nitrogens with one attached hydrogen (secondary N) is 1. The van der Waals surface area contributed by atoms with E-state index in [1.807, 2.05) is 30.1 Å². The molecule has 5 heteroatoms. The number of hydrogen-bond acceptors (Lipinski definition) is 3. The minimum absolute atomic E-state index is 0.883. The van der Waals surface area contributed by atoms with E-state index in [2.05, 4.69) is 20.4 Å². The van der Waals surface area contributed by atoms with E-state index in [0.717, 1.165) is 22.2 Å². The molecule has 0 radical (unpaired) electrons. The summed E-state index contributed by atoms with van der Waals surface area (Å²) in [6.07, 6.45) is 7.36. The van der Waals surface area contributed by atoms with Crippen LogP contribution in [0.4, 0.5) is 0 Å². The molecule has 3 aromatic rings. The zero-order valence-corrected chi connectivity index (χ0v) is 8.18. The van der Waals surface area contributed by atoms with Crippen LogP contribution in [0.15, 0.2) is 30.9 Å². The lowest BCUT2D eigenvalue weighted by atomic mass is 10.1. The first kappa shape index (κ1) is 8.16. The number of aromatic nitrogens is 5. The molecule has 1 N–H and O–H groups in total. The Morgan fingerprint density at radius 3 is 3.07 bits per heavy atom. The zero-order chi connectivity index (χ0) is 10.3. The van der Waals surface area contributed by atoms with Gasteiger partial charge in [-0.15, -0.1) is 5.10 Å². The first-order valence-electron chi connectivity index (χ1n) is 4.62. The quantitative estimate of drug-likeness (QED) is 0.643. The van der Waals surface area contributed by atoms with Crippen molar-refractivity contribution in [3.05, 3.63) is 30.9 Å². The molecule has 0 fully saturated rings. The fourth-order valence-electron chi connectivity index (χ4n) is 1.70. The van der Waals surface area contributed by atoms with Gasteiger partial charge in [-0.2, -0.15) is 10.2 Å². The third kappa shape index (κ3) is 1.13. The maximum atomic E-state index is 4.09. The molecule has 0 spiro atoms. The van der Waals surface area contributed by atoms with Gasteiger partial charge >= 0.3 is 0 Å². The molecule has 3 rings (SSSR count). The summed E-state index contributed by atoms with van der Waals surface area (Å²) in [4.78, 5) is 0. The van der Waals surface area contributed by atoms with E-state index in [1.165, 1.54) is 0 Å². The number of H-pyrrole nitrogens is 1. The summed E-state index contributed by atoms with van der Waals surface area (Å²) >= 11 is 0. The Balaban J connectivity index is 2.36. The van der Waals surface area contributed by atoms with E-state index in [0.29, 0.717) is 0 Å². The highest BCUT2D eigenvalue weighted by Crippen LogP contribution is 2.25. The van der Waals surface area contributed by atoms with Gasteiger partial charge in [0, 0.05) is 36.0 Å². The molecule has 0 aliphatic heterocycles. The van der Waals surface area contributed by atoms with Gasteiger partial charge < -0.3 is 4.57 Å². The molecule has 0 aliphatic carbocycles. The van der Waals surface area contributed by atoms with Crippen LogP contribution in [0.3, 0.4) is 0 Å². The normalized spacial score (nSPS) is 11.0. The van der Waals surface area contributed by atoms with Crippen LogP contribution in [0.1, 0.15) is 0 Å². The van der Waals surface area contributed by atoms with Gasteiger partial charge in [0.1, 0.15) is 0 Å². The Bertz CT molecular complexity index is 593. The van der Waals surface area contributed by atoms with Gasteiger partial charge in [0.05, 0.1) is 12.4 Å². The number of fused-ring (bicyclic) bond motifs is 1. The minimum atomic E-state index is 0.883. The van der Waals surface area contributed by atoms with Gasteiger partial charge in [0.2, 0.25) is 0 Å². The summed E-state index contributed by atoms with van der Waals surface area (Å²) in [6.45, 7) is 0. The predicted molar refractivity (Wildman–Crippen MR) is 56.1 cm³/mol. The van der Waals surface area contributed by atoms with Crippen molar-refractivity contribution in [2.45, 2.75) is 0 Å². The molecule has 0 bridgehead atoms. The molecule has 0 aliphatic rings. The van der Waals surface area contributed by atoms with E-state index >= 15 is 0 Å². The van der Waals surface area contributed by atoms with Crippen molar-refractivity contribution in [3.8, 4) is 11.1 Å². The van der Waals surface area contributed by atoms with Crippen LogP contribution >= 0.6 is 0 Å². The molecular weight excluding hydrogens is 190 g/mol. The summed E-state index contributed by atoms with van der Waals surface area (Å²) in [5, 5.41) is 15.9. The second-order valence-electron chi connectivity index (χ2n) is 3.41. The fourth-order valence-corrected chi connectivity index (χ4v) is 1.70. The molecule has 15 heavy (non-hydrogen) atoms. The van der Waals surface area contributed by atoms with Crippen molar-refractivity contribution in [3.63, 3.8) is 0 Å². The number of rotatable bonds is 1. The lowest BCUT2D eigenvalue weighted by Gasteiger charge is -1.98. The number of aryl methyl sites for hydroxylation is 1. The van der Waals surface area contributed by atoms with Crippen molar-refractivity contribution >= 4 is 11.0 Å². The molecule has 0 atom stereocenters. The topological polar surface area (TPSA) is 59.4 Å². The van der Waals surface area contributed by atoms with Crippen LogP contribution in [-0.4, -0.2) is 25.0 Å². The van der Waals surface area contributed by atoms with Gasteiger partial charge in [-0.3, -0.25) is 5.10 Å². The second kappa shape index (κ2) is 2.91. The third-order valence-corrected chi connectivity index (χ3v) is 2.48. The molecule has 0 saturated heterocycles. The molecular formula is C10H9N5. The smallest absolute Gasteiger partial charge is 0.162 e. The lowest BCUT2D eigenvalue weighted by molar-refractivity contribution is 0.918. The van der Waals surface area contributed by atoms with E-state index < -0.39 is 0 Å². The van der Waals surface area contributed by atoms with Crippen LogP contribution in [0, 0.1) is 0 Å². The molecule has 0 unspecified atom stereocenters. The number of nitrogens with zero attached hydrogens (tertiary/aromatic N) is 4. The summed E-state index contributed by atoms with van der Waals surface area (Å²) < 4.78 is 1.95.